The number of ether oxygens (including phenoxy) is 1. The highest BCUT2D eigenvalue weighted by Gasteiger charge is 2.21. The molecule has 2 aromatic rings. The van der Waals surface area contributed by atoms with Crippen LogP contribution in [-0.2, 0) is 17.8 Å². The van der Waals surface area contributed by atoms with E-state index in [4.69, 9.17) is 4.74 Å². The number of benzene rings is 2. The van der Waals surface area contributed by atoms with Gasteiger partial charge in [-0.15, -0.1) is 0 Å². The summed E-state index contributed by atoms with van der Waals surface area (Å²) in [5, 5.41) is 0. The van der Waals surface area contributed by atoms with Gasteiger partial charge in [-0.3, -0.25) is 9.69 Å². The maximum absolute atomic E-state index is 12.5. The molecule has 0 spiro atoms. The van der Waals surface area contributed by atoms with E-state index in [1.165, 1.54) is 5.56 Å². The highest BCUT2D eigenvalue weighted by atomic mass is 16.5. The normalized spacial score (nSPS) is 15.2. The minimum Gasteiger partial charge on any atom is -0.496 e. The highest BCUT2D eigenvalue weighted by Crippen LogP contribution is 2.19. The summed E-state index contributed by atoms with van der Waals surface area (Å²) in [4.78, 5) is 16.9. The molecule has 0 unspecified atom stereocenters. The van der Waals surface area contributed by atoms with Crippen molar-refractivity contribution in [2.75, 3.05) is 33.3 Å². The molecular formula is C21H26N2O2. The second-order valence-corrected chi connectivity index (χ2v) is 6.45. The highest BCUT2D eigenvalue weighted by molar-refractivity contribution is 5.76. The number of para-hydroxylation sites is 1. The monoisotopic (exact) mass is 338 g/mol. The third-order valence-corrected chi connectivity index (χ3v) is 4.77. The first-order valence-corrected chi connectivity index (χ1v) is 8.92. The minimum atomic E-state index is 0.241. The molecule has 1 aliphatic rings. The molecule has 1 saturated heterocycles. The van der Waals surface area contributed by atoms with Crippen LogP contribution in [0.4, 0.5) is 0 Å². The lowest BCUT2D eigenvalue weighted by molar-refractivity contribution is -0.133. The molecule has 1 heterocycles. The predicted octanol–water partition coefficient (Wildman–Crippen LogP) is 2.97. The summed E-state index contributed by atoms with van der Waals surface area (Å²) < 4.78 is 5.36. The van der Waals surface area contributed by atoms with E-state index in [2.05, 4.69) is 29.2 Å². The van der Waals surface area contributed by atoms with E-state index in [1.54, 1.807) is 7.11 Å². The Bertz CT molecular complexity index is 679. The Kier molecular flexibility index (Phi) is 6.07. The van der Waals surface area contributed by atoms with Gasteiger partial charge in [-0.05, 0) is 23.6 Å². The summed E-state index contributed by atoms with van der Waals surface area (Å²) >= 11 is 0. The maximum Gasteiger partial charge on any atom is 0.222 e. The van der Waals surface area contributed by atoms with E-state index in [9.17, 15) is 4.79 Å². The summed E-state index contributed by atoms with van der Waals surface area (Å²) in [6.07, 6.45) is 1.27. The number of carbonyl (C=O) groups is 1. The largest absolute Gasteiger partial charge is 0.496 e. The lowest BCUT2D eigenvalue weighted by Gasteiger charge is -2.34. The SMILES string of the molecule is COc1ccccc1CCC(=O)N1CCN(Cc2ccccc2)CC1. The molecule has 0 saturated carbocycles. The van der Waals surface area contributed by atoms with Crippen molar-refractivity contribution in [3.8, 4) is 5.75 Å². The smallest absolute Gasteiger partial charge is 0.222 e. The molecule has 1 amide bonds. The molecule has 4 heteroatoms. The average Bonchev–Trinajstić information content (AvgIpc) is 2.67. The minimum absolute atomic E-state index is 0.241. The Labute approximate surface area is 150 Å². The van der Waals surface area contributed by atoms with Crippen LogP contribution in [-0.4, -0.2) is 49.0 Å². The molecule has 25 heavy (non-hydrogen) atoms. The van der Waals surface area contributed by atoms with Crippen LogP contribution in [0.2, 0.25) is 0 Å². The summed E-state index contributed by atoms with van der Waals surface area (Å²) in [7, 11) is 1.67. The van der Waals surface area contributed by atoms with Gasteiger partial charge in [0.1, 0.15) is 5.75 Å². The summed E-state index contributed by atoms with van der Waals surface area (Å²) in [5.74, 6) is 1.10. The molecule has 0 N–H and O–H groups in total. The standard InChI is InChI=1S/C21H26N2O2/c1-25-20-10-6-5-9-19(20)11-12-21(24)23-15-13-22(14-16-23)17-18-7-3-2-4-8-18/h2-10H,11-17H2,1H3. The third-order valence-electron chi connectivity index (χ3n) is 4.77. The van der Waals surface area contributed by atoms with Gasteiger partial charge in [-0.2, -0.15) is 0 Å². The molecule has 0 radical (unpaired) electrons. The molecule has 1 aliphatic heterocycles. The Morgan fingerprint density at radius 2 is 1.64 bits per heavy atom. The number of carbonyl (C=O) groups excluding carboxylic acids is 1. The molecule has 0 aliphatic carbocycles. The lowest BCUT2D eigenvalue weighted by atomic mass is 10.1. The van der Waals surface area contributed by atoms with Crippen molar-refractivity contribution in [2.24, 2.45) is 0 Å². The van der Waals surface area contributed by atoms with Crippen LogP contribution in [0.5, 0.6) is 5.75 Å². The predicted molar refractivity (Wildman–Crippen MR) is 99.6 cm³/mol. The zero-order valence-corrected chi connectivity index (χ0v) is 14.9. The van der Waals surface area contributed by atoms with Gasteiger partial charge in [0.2, 0.25) is 5.91 Å². The van der Waals surface area contributed by atoms with E-state index in [0.717, 1.165) is 50.5 Å². The first kappa shape index (κ1) is 17.5. The Hall–Kier alpha value is -2.33. The van der Waals surface area contributed by atoms with Crippen LogP contribution >= 0.6 is 0 Å². The number of amides is 1. The van der Waals surface area contributed by atoms with Gasteiger partial charge in [-0.25, -0.2) is 0 Å². The lowest BCUT2D eigenvalue weighted by Crippen LogP contribution is -2.48. The van der Waals surface area contributed by atoms with Gasteiger partial charge in [-0.1, -0.05) is 48.5 Å². The first-order chi connectivity index (χ1) is 12.3. The fourth-order valence-corrected chi connectivity index (χ4v) is 3.31. The van der Waals surface area contributed by atoms with Crippen molar-refractivity contribution in [1.82, 2.24) is 9.80 Å². The van der Waals surface area contributed by atoms with E-state index >= 15 is 0 Å². The van der Waals surface area contributed by atoms with Gasteiger partial charge in [0, 0.05) is 39.1 Å². The van der Waals surface area contributed by atoms with Crippen molar-refractivity contribution in [1.29, 1.82) is 0 Å². The number of piperazine rings is 1. The fraction of sp³-hybridized carbons (Fsp3) is 0.381. The van der Waals surface area contributed by atoms with Crippen molar-refractivity contribution in [3.63, 3.8) is 0 Å². The number of methoxy groups -OCH3 is 1. The molecule has 4 nitrogen and oxygen atoms in total. The van der Waals surface area contributed by atoms with Crippen LogP contribution < -0.4 is 4.74 Å². The van der Waals surface area contributed by atoms with Crippen molar-refractivity contribution < 1.29 is 9.53 Å². The molecule has 0 bridgehead atoms. The van der Waals surface area contributed by atoms with Crippen LogP contribution in [0, 0.1) is 0 Å². The quantitative estimate of drug-likeness (QED) is 0.812. The third kappa shape index (κ3) is 4.83. The Morgan fingerprint density at radius 3 is 2.36 bits per heavy atom. The summed E-state index contributed by atoms with van der Waals surface area (Å²) in [6.45, 7) is 4.48. The van der Waals surface area contributed by atoms with Gasteiger partial charge in [0.15, 0.2) is 0 Å². The van der Waals surface area contributed by atoms with Crippen LogP contribution in [0.15, 0.2) is 54.6 Å². The molecule has 0 atom stereocenters. The average molecular weight is 338 g/mol. The number of hydrogen-bond acceptors (Lipinski definition) is 3. The summed E-state index contributed by atoms with van der Waals surface area (Å²) in [6, 6.07) is 18.4. The zero-order chi connectivity index (χ0) is 17.5. The first-order valence-electron chi connectivity index (χ1n) is 8.92. The van der Waals surface area contributed by atoms with E-state index < -0.39 is 0 Å². The second kappa shape index (κ2) is 8.67. The van der Waals surface area contributed by atoms with Crippen LogP contribution in [0.25, 0.3) is 0 Å². The molecule has 2 aromatic carbocycles. The topological polar surface area (TPSA) is 32.8 Å². The fourth-order valence-electron chi connectivity index (χ4n) is 3.31. The van der Waals surface area contributed by atoms with Gasteiger partial charge < -0.3 is 9.64 Å². The number of aryl methyl sites for hydroxylation is 1. The Morgan fingerprint density at radius 1 is 0.960 bits per heavy atom. The number of hydrogen-bond donors (Lipinski definition) is 0. The number of nitrogens with zero attached hydrogens (tertiary/aromatic N) is 2. The van der Waals surface area contributed by atoms with Gasteiger partial charge >= 0.3 is 0 Å². The summed E-state index contributed by atoms with van der Waals surface area (Å²) in [5.41, 5.74) is 2.43. The molecular weight excluding hydrogens is 312 g/mol. The van der Waals surface area contributed by atoms with Crippen molar-refractivity contribution in [2.45, 2.75) is 19.4 Å². The van der Waals surface area contributed by atoms with Crippen LogP contribution in [0.1, 0.15) is 17.5 Å². The van der Waals surface area contributed by atoms with E-state index in [0.29, 0.717) is 6.42 Å². The molecule has 3 rings (SSSR count). The second-order valence-electron chi connectivity index (χ2n) is 6.45. The maximum atomic E-state index is 12.5. The molecule has 1 fully saturated rings. The van der Waals surface area contributed by atoms with E-state index in [1.807, 2.05) is 35.2 Å². The van der Waals surface area contributed by atoms with Crippen LogP contribution in [0.3, 0.4) is 0 Å². The molecule has 132 valence electrons. The molecule has 0 aromatic heterocycles. The van der Waals surface area contributed by atoms with Gasteiger partial charge in [0.25, 0.3) is 0 Å². The van der Waals surface area contributed by atoms with E-state index in [-0.39, 0.29) is 5.91 Å². The zero-order valence-electron chi connectivity index (χ0n) is 14.9. The van der Waals surface area contributed by atoms with Crippen molar-refractivity contribution in [3.05, 3.63) is 65.7 Å². The number of rotatable bonds is 6. The van der Waals surface area contributed by atoms with Crippen molar-refractivity contribution >= 4 is 5.91 Å². The van der Waals surface area contributed by atoms with Gasteiger partial charge in [0.05, 0.1) is 7.11 Å². The Balaban J connectivity index is 1.45.